The Morgan fingerprint density at radius 2 is 1.68 bits per heavy atom. The molecule has 0 radical (unpaired) electrons. The lowest BCUT2D eigenvalue weighted by atomic mass is 10.1. The van der Waals surface area contributed by atoms with Crippen molar-refractivity contribution in [2.75, 3.05) is 18.8 Å². The van der Waals surface area contributed by atoms with Crippen LogP contribution in [-0.2, 0) is 13.1 Å². The predicted molar refractivity (Wildman–Crippen MR) is 145 cm³/mol. The third-order valence-electron chi connectivity index (χ3n) is 6.95. The number of ketones is 1. The van der Waals surface area contributed by atoms with Gasteiger partial charge in [0.25, 0.3) is 0 Å². The van der Waals surface area contributed by atoms with Gasteiger partial charge in [-0.05, 0) is 63.5 Å². The first-order chi connectivity index (χ1) is 18.0. The summed E-state index contributed by atoms with van der Waals surface area (Å²) in [5, 5.41) is 9.77. The summed E-state index contributed by atoms with van der Waals surface area (Å²) < 4.78 is 18.4. The normalized spacial score (nSPS) is 14.2. The van der Waals surface area contributed by atoms with E-state index in [4.69, 9.17) is 0 Å². The van der Waals surface area contributed by atoms with E-state index in [2.05, 4.69) is 31.8 Å². The van der Waals surface area contributed by atoms with Crippen molar-refractivity contribution in [2.45, 2.75) is 51.4 Å². The van der Waals surface area contributed by atoms with Crippen LogP contribution in [0.15, 0.2) is 65.8 Å². The Morgan fingerprint density at radius 3 is 2.43 bits per heavy atom. The number of aryl methyl sites for hydroxylation is 1. The summed E-state index contributed by atoms with van der Waals surface area (Å²) in [5.41, 5.74) is 3.80. The van der Waals surface area contributed by atoms with E-state index in [1.54, 1.807) is 18.2 Å². The van der Waals surface area contributed by atoms with Gasteiger partial charge in [-0.25, -0.2) is 4.39 Å². The van der Waals surface area contributed by atoms with Crippen LogP contribution in [0.1, 0.15) is 52.4 Å². The molecule has 0 aliphatic carbocycles. The number of hydrogen-bond donors (Lipinski definition) is 0. The van der Waals surface area contributed by atoms with Gasteiger partial charge in [0.15, 0.2) is 10.9 Å². The molecule has 0 atom stereocenters. The van der Waals surface area contributed by atoms with Gasteiger partial charge in [0.05, 0.1) is 24.5 Å². The number of halogens is 1. The molecule has 6 nitrogen and oxygen atoms in total. The predicted octanol–water partition coefficient (Wildman–Crippen LogP) is 5.83. The first-order valence-corrected chi connectivity index (χ1v) is 13.8. The number of benzene rings is 2. The smallest absolute Gasteiger partial charge is 0.192 e. The Hall–Kier alpha value is -3.23. The molecule has 0 N–H and O–H groups in total. The highest BCUT2D eigenvalue weighted by Gasteiger charge is 2.21. The molecule has 0 amide bonds. The molecule has 2 aromatic carbocycles. The molecular formula is C29H32FN5OS. The second-order valence-corrected chi connectivity index (χ2v) is 10.5. The van der Waals surface area contributed by atoms with Gasteiger partial charge in [-0.15, -0.1) is 10.2 Å². The Kier molecular flexibility index (Phi) is 7.86. The number of hydrogen-bond acceptors (Lipinski definition) is 5. The molecule has 5 rings (SSSR count). The molecule has 0 spiro atoms. The van der Waals surface area contributed by atoms with Crippen molar-refractivity contribution in [1.82, 2.24) is 24.2 Å². The minimum atomic E-state index is -0.312. The number of rotatable bonds is 9. The molecule has 0 bridgehead atoms. The first-order valence-electron chi connectivity index (χ1n) is 12.8. The SMILES string of the molecule is Cc1cc(C(=O)CSc2nnc(CN3CCCCC3)n2Cc2ccccc2)c(C)n1-c1ccccc1F. The van der Waals surface area contributed by atoms with Crippen molar-refractivity contribution in [2.24, 2.45) is 0 Å². The standard InChI is InChI=1S/C29H32FN5OS/c1-21-17-24(22(2)35(21)26-14-8-7-13-25(26)30)27(36)20-37-29-32-31-28(19-33-15-9-4-10-16-33)34(29)18-23-11-5-3-6-12-23/h3,5-8,11-14,17H,4,9-10,15-16,18-20H2,1-2H3. The first kappa shape index (κ1) is 25.4. The zero-order valence-corrected chi connectivity index (χ0v) is 22.2. The van der Waals surface area contributed by atoms with Crippen molar-refractivity contribution in [3.05, 3.63) is 94.8 Å². The third kappa shape index (κ3) is 5.70. The van der Waals surface area contributed by atoms with Crippen molar-refractivity contribution >= 4 is 17.5 Å². The van der Waals surface area contributed by atoms with E-state index in [0.717, 1.165) is 42.0 Å². The number of thioether (sulfide) groups is 1. The number of carbonyl (C=O) groups excluding carboxylic acids is 1. The number of carbonyl (C=O) groups is 1. The lowest BCUT2D eigenvalue weighted by Crippen LogP contribution is -2.30. The van der Waals surface area contributed by atoms with Crippen molar-refractivity contribution < 1.29 is 9.18 Å². The van der Waals surface area contributed by atoms with Gasteiger partial charge in [-0.1, -0.05) is 60.6 Å². The fourth-order valence-corrected chi connectivity index (χ4v) is 5.88. The number of likely N-dealkylation sites (tertiary alicyclic amines) is 1. The lowest BCUT2D eigenvalue weighted by Gasteiger charge is -2.26. The van der Waals surface area contributed by atoms with E-state index in [9.17, 15) is 9.18 Å². The van der Waals surface area contributed by atoms with Gasteiger partial charge in [0.1, 0.15) is 11.6 Å². The molecule has 0 unspecified atom stereocenters. The van der Waals surface area contributed by atoms with Crippen LogP contribution in [0.4, 0.5) is 4.39 Å². The summed E-state index contributed by atoms with van der Waals surface area (Å²) >= 11 is 1.41. The lowest BCUT2D eigenvalue weighted by molar-refractivity contribution is 0.102. The molecule has 37 heavy (non-hydrogen) atoms. The van der Waals surface area contributed by atoms with Gasteiger partial charge in [0, 0.05) is 17.0 Å². The maximum absolute atomic E-state index is 14.5. The molecule has 2 aromatic heterocycles. The van der Waals surface area contributed by atoms with E-state index in [0.29, 0.717) is 17.8 Å². The van der Waals surface area contributed by atoms with E-state index >= 15 is 0 Å². The molecule has 0 saturated carbocycles. The average Bonchev–Trinajstić information content (AvgIpc) is 3.43. The molecule has 8 heteroatoms. The van der Waals surface area contributed by atoms with Crippen molar-refractivity contribution in [3.63, 3.8) is 0 Å². The minimum absolute atomic E-state index is 0.00692. The van der Waals surface area contributed by atoms with Crippen LogP contribution in [0.5, 0.6) is 0 Å². The number of nitrogens with zero attached hydrogens (tertiary/aromatic N) is 5. The Balaban J connectivity index is 1.36. The Labute approximate surface area is 221 Å². The van der Waals surface area contributed by atoms with Crippen LogP contribution in [-0.4, -0.2) is 48.9 Å². The molecule has 192 valence electrons. The van der Waals surface area contributed by atoms with Gasteiger partial charge < -0.3 is 9.13 Å². The van der Waals surface area contributed by atoms with E-state index in [1.807, 2.05) is 42.7 Å². The van der Waals surface area contributed by atoms with Gasteiger partial charge in [-0.3, -0.25) is 9.69 Å². The number of Topliss-reactive ketones (excluding diaryl/α,β-unsaturated/α-hetero) is 1. The zero-order valence-electron chi connectivity index (χ0n) is 21.4. The monoisotopic (exact) mass is 517 g/mol. The van der Waals surface area contributed by atoms with Crippen LogP contribution in [0.2, 0.25) is 0 Å². The second kappa shape index (κ2) is 11.4. The molecule has 1 fully saturated rings. The van der Waals surface area contributed by atoms with Crippen LogP contribution >= 0.6 is 11.8 Å². The molecule has 1 saturated heterocycles. The maximum atomic E-state index is 14.5. The molecule has 1 aliphatic heterocycles. The summed E-state index contributed by atoms with van der Waals surface area (Å²) in [4.78, 5) is 15.8. The number of para-hydroxylation sites is 1. The molecule has 4 aromatic rings. The summed E-state index contributed by atoms with van der Waals surface area (Å²) in [6.07, 6.45) is 3.72. The topological polar surface area (TPSA) is 56.0 Å². The Bertz CT molecular complexity index is 1370. The average molecular weight is 518 g/mol. The van der Waals surface area contributed by atoms with Crippen molar-refractivity contribution in [3.8, 4) is 5.69 Å². The highest BCUT2D eigenvalue weighted by Crippen LogP contribution is 2.26. The van der Waals surface area contributed by atoms with Crippen LogP contribution in [0.3, 0.4) is 0 Å². The minimum Gasteiger partial charge on any atom is -0.315 e. The highest BCUT2D eigenvalue weighted by molar-refractivity contribution is 7.99. The second-order valence-electron chi connectivity index (χ2n) is 9.59. The van der Waals surface area contributed by atoms with Gasteiger partial charge >= 0.3 is 0 Å². The van der Waals surface area contributed by atoms with Crippen molar-refractivity contribution in [1.29, 1.82) is 0 Å². The van der Waals surface area contributed by atoms with Crippen LogP contribution in [0.25, 0.3) is 5.69 Å². The summed E-state index contributed by atoms with van der Waals surface area (Å²) in [5.74, 6) is 0.844. The third-order valence-corrected chi connectivity index (χ3v) is 7.91. The molecular weight excluding hydrogens is 485 g/mol. The largest absolute Gasteiger partial charge is 0.315 e. The molecule has 3 heterocycles. The van der Waals surface area contributed by atoms with Gasteiger partial charge in [0.2, 0.25) is 0 Å². The highest BCUT2D eigenvalue weighted by atomic mass is 32.2. The van der Waals surface area contributed by atoms with E-state index < -0.39 is 0 Å². The summed E-state index contributed by atoms with van der Waals surface area (Å²) in [6, 6.07) is 18.8. The van der Waals surface area contributed by atoms with Crippen LogP contribution in [0, 0.1) is 19.7 Å². The molecule has 1 aliphatic rings. The Morgan fingerprint density at radius 1 is 0.946 bits per heavy atom. The summed E-state index contributed by atoms with van der Waals surface area (Å²) in [6.45, 7) is 7.35. The van der Waals surface area contributed by atoms with E-state index in [-0.39, 0.29) is 17.4 Å². The fraction of sp³-hybridized carbons (Fsp3) is 0.345. The van der Waals surface area contributed by atoms with E-state index in [1.165, 1.54) is 42.7 Å². The number of aromatic nitrogens is 4. The quantitative estimate of drug-likeness (QED) is 0.206. The number of piperidine rings is 1. The summed E-state index contributed by atoms with van der Waals surface area (Å²) in [7, 11) is 0. The van der Waals surface area contributed by atoms with Crippen LogP contribution < -0.4 is 0 Å². The zero-order chi connectivity index (χ0) is 25.8. The maximum Gasteiger partial charge on any atom is 0.192 e. The van der Waals surface area contributed by atoms with Gasteiger partial charge in [-0.2, -0.15) is 0 Å². The fourth-order valence-electron chi connectivity index (χ4n) is 5.04.